The number of ether oxygens (including phenoxy) is 1. The van der Waals surface area contributed by atoms with Crippen molar-refractivity contribution < 1.29 is 4.74 Å². The molecule has 0 spiro atoms. The van der Waals surface area contributed by atoms with Crippen LogP contribution < -0.4 is 5.32 Å². The van der Waals surface area contributed by atoms with Crippen LogP contribution >= 0.6 is 0 Å². The average molecular weight is 183 g/mol. The largest absolute Gasteiger partial charge is 0.378 e. The Morgan fingerprint density at radius 1 is 0.923 bits per heavy atom. The Labute approximate surface area is 81.0 Å². The fourth-order valence-corrected chi connectivity index (χ4v) is 2.75. The summed E-state index contributed by atoms with van der Waals surface area (Å²) in [4.78, 5) is 0. The molecule has 0 aromatic rings. The van der Waals surface area contributed by atoms with Gasteiger partial charge in [-0.25, -0.2) is 0 Å². The minimum Gasteiger partial charge on any atom is -0.378 e. The molecule has 2 rings (SSSR count). The van der Waals surface area contributed by atoms with Crippen LogP contribution in [0.5, 0.6) is 0 Å². The topological polar surface area (TPSA) is 21.3 Å². The quantitative estimate of drug-likeness (QED) is 0.705. The molecule has 2 nitrogen and oxygen atoms in total. The molecule has 1 aliphatic carbocycles. The summed E-state index contributed by atoms with van der Waals surface area (Å²) in [6.45, 7) is 6.61. The first-order valence-corrected chi connectivity index (χ1v) is 5.58. The molecule has 2 atom stereocenters. The summed E-state index contributed by atoms with van der Waals surface area (Å²) in [5.74, 6) is 1.81. The molecular weight excluding hydrogens is 162 g/mol. The van der Waals surface area contributed by atoms with E-state index in [9.17, 15) is 0 Å². The lowest BCUT2D eigenvalue weighted by Crippen LogP contribution is -2.52. The molecule has 2 aliphatic rings. The zero-order valence-corrected chi connectivity index (χ0v) is 8.75. The molecule has 76 valence electrons. The van der Waals surface area contributed by atoms with Gasteiger partial charge in [-0.1, -0.05) is 13.8 Å². The maximum absolute atomic E-state index is 5.17. The van der Waals surface area contributed by atoms with E-state index >= 15 is 0 Å². The fraction of sp³-hybridized carbons (Fsp3) is 1.00. The van der Waals surface area contributed by atoms with Crippen LogP contribution in [0.25, 0.3) is 0 Å². The molecule has 2 heteroatoms. The smallest absolute Gasteiger partial charge is 0.0643 e. The summed E-state index contributed by atoms with van der Waals surface area (Å²) < 4.78 is 5.17. The van der Waals surface area contributed by atoms with Crippen LogP contribution in [-0.4, -0.2) is 25.3 Å². The van der Waals surface area contributed by atoms with Crippen LogP contribution in [0.2, 0.25) is 0 Å². The Kier molecular flexibility index (Phi) is 2.89. The first kappa shape index (κ1) is 9.47. The highest BCUT2D eigenvalue weighted by Gasteiger charge is 2.27. The van der Waals surface area contributed by atoms with E-state index in [4.69, 9.17) is 4.74 Å². The minimum atomic E-state index is 0.655. The van der Waals surface area contributed by atoms with Crippen molar-refractivity contribution >= 4 is 0 Å². The van der Waals surface area contributed by atoms with Crippen LogP contribution in [-0.2, 0) is 4.74 Å². The second-order valence-electron chi connectivity index (χ2n) is 5.02. The van der Waals surface area contributed by atoms with Crippen molar-refractivity contribution in [1.29, 1.82) is 0 Å². The van der Waals surface area contributed by atoms with Crippen molar-refractivity contribution in [2.45, 2.75) is 45.2 Å². The lowest BCUT2D eigenvalue weighted by Gasteiger charge is -2.37. The van der Waals surface area contributed by atoms with E-state index in [2.05, 4.69) is 19.2 Å². The maximum atomic E-state index is 5.17. The Morgan fingerprint density at radius 2 is 1.54 bits per heavy atom. The Balaban J connectivity index is 1.77. The van der Waals surface area contributed by atoms with Crippen LogP contribution in [0.15, 0.2) is 0 Å². The molecule has 2 fully saturated rings. The van der Waals surface area contributed by atoms with Gasteiger partial charge in [0.1, 0.15) is 0 Å². The Bertz CT molecular complexity index is 157. The average Bonchev–Trinajstić information content (AvgIpc) is 1.95. The van der Waals surface area contributed by atoms with E-state index < -0.39 is 0 Å². The molecule has 1 saturated carbocycles. The first-order valence-electron chi connectivity index (χ1n) is 5.58. The van der Waals surface area contributed by atoms with E-state index in [1.165, 1.54) is 19.3 Å². The second kappa shape index (κ2) is 3.97. The van der Waals surface area contributed by atoms with Gasteiger partial charge in [0.15, 0.2) is 0 Å². The maximum Gasteiger partial charge on any atom is 0.0643 e. The van der Waals surface area contributed by atoms with Gasteiger partial charge >= 0.3 is 0 Å². The van der Waals surface area contributed by atoms with Gasteiger partial charge < -0.3 is 10.1 Å². The van der Waals surface area contributed by atoms with Gasteiger partial charge in [0.05, 0.1) is 19.3 Å². The Morgan fingerprint density at radius 3 is 2.00 bits per heavy atom. The van der Waals surface area contributed by atoms with E-state index in [1.807, 2.05) is 0 Å². The van der Waals surface area contributed by atoms with Gasteiger partial charge in [-0.05, 0) is 31.1 Å². The van der Waals surface area contributed by atoms with E-state index in [-0.39, 0.29) is 0 Å². The molecule has 13 heavy (non-hydrogen) atoms. The third-order valence-corrected chi connectivity index (χ3v) is 3.29. The van der Waals surface area contributed by atoms with Crippen molar-refractivity contribution in [2.24, 2.45) is 11.8 Å². The standard InChI is InChI=1S/C11H21NO/c1-8-3-9(2)5-10(4-8)12-11-6-13-7-11/h8-12H,3-7H2,1-2H3. The lowest BCUT2D eigenvalue weighted by atomic mass is 9.80. The summed E-state index contributed by atoms with van der Waals surface area (Å²) in [6, 6.07) is 1.41. The van der Waals surface area contributed by atoms with Crippen LogP contribution in [0.3, 0.4) is 0 Å². The van der Waals surface area contributed by atoms with Crippen molar-refractivity contribution in [3.63, 3.8) is 0 Å². The van der Waals surface area contributed by atoms with Gasteiger partial charge in [0.2, 0.25) is 0 Å². The highest BCUT2D eigenvalue weighted by molar-refractivity contribution is 4.84. The van der Waals surface area contributed by atoms with Gasteiger partial charge in [-0.3, -0.25) is 0 Å². The molecule has 0 aromatic carbocycles. The molecule has 1 heterocycles. The number of nitrogens with one attached hydrogen (secondary N) is 1. The summed E-state index contributed by atoms with van der Waals surface area (Å²) in [6.07, 6.45) is 4.14. The number of hydrogen-bond donors (Lipinski definition) is 1. The molecular formula is C11H21NO. The van der Waals surface area contributed by atoms with Gasteiger partial charge in [0, 0.05) is 6.04 Å². The van der Waals surface area contributed by atoms with Crippen molar-refractivity contribution in [3.05, 3.63) is 0 Å². The zero-order valence-electron chi connectivity index (χ0n) is 8.75. The van der Waals surface area contributed by atoms with Crippen molar-refractivity contribution in [1.82, 2.24) is 5.32 Å². The highest BCUT2D eigenvalue weighted by atomic mass is 16.5. The van der Waals surface area contributed by atoms with Crippen LogP contribution in [0.4, 0.5) is 0 Å². The van der Waals surface area contributed by atoms with Crippen molar-refractivity contribution in [2.75, 3.05) is 13.2 Å². The summed E-state index contributed by atoms with van der Waals surface area (Å²) >= 11 is 0. The first-order chi connectivity index (χ1) is 6.24. The van der Waals surface area contributed by atoms with Crippen LogP contribution in [0, 0.1) is 11.8 Å². The van der Waals surface area contributed by atoms with Crippen molar-refractivity contribution in [3.8, 4) is 0 Å². The third kappa shape index (κ3) is 2.44. The minimum absolute atomic E-state index is 0.655. The molecule has 1 aliphatic heterocycles. The predicted octanol–water partition coefficient (Wildman–Crippen LogP) is 1.80. The van der Waals surface area contributed by atoms with E-state index in [0.29, 0.717) is 6.04 Å². The monoisotopic (exact) mass is 183 g/mol. The predicted molar refractivity (Wildman–Crippen MR) is 53.7 cm³/mol. The van der Waals surface area contributed by atoms with Crippen LogP contribution in [0.1, 0.15) is 33.1 Å². The lowest BCUT2D eigenvalue weighted by molar-refractivity contribution is -0.0143. The molecule has 0 aromatic heterocycles. The molecule has 0 radical (unpaired) electrons. The SMILES string of the molecule is CC1CC(C)CC(NC2COC2)C1. The molecule has 2 unspecified atom stereocenters. The highest BCUT2D eigenvalue weighted by Crippen LogP contribution is 2.28. The zero-order chi connectivity index (χ0) is 9.26. The fourth-order valence-electron chi connectivity index (χ4n) is 2.75. The molecule has 0 bridgehead atoms. The van der Waals surface area contributed by atoms with E-state index in [0.717, 1.165) is 31.1 Å². The summed E-state index contributed by atoms with van der Waals surface area (Å²) in [5.41, 5.74) is 0. The number of hydrogen-bond acceptors (Lipinski definition) is 2. The summed E-state index contributed by atoms with van der Waals surface area (Å²) in [7, 11) is 0. The number of rotatable bonds is 2. The summed E-state index contributed by atoms with van der Waals surface area (Å²) in [5, 5.41) is 3.69. The van der Waals surface area contributed by atoms with E-state index in [1.54, 1.807) is 0 Å². The molecule has 1 saturated heterocycles. The molecule has 1 N–H and O–H groups in total. The second-order valence-corrected chi connectivity index (χ2v) is 5.02. The Hall–Kier alpha value is -0.0800. The van der Waals surface area contributed by atoms with Gasteiger partial charge in [-0.2, -0.15) is 0 Å². The normalized spacial score (nSPS) is 41.5. The molecule has 0 amide bonds. The van der Waals surface area contributed by atoms with Gasteiger partial charge in [0.25, 0.3) is 0 Å². The van der Waals surface area contributed by atoms with Gasteiger partial charge in [-0.15, -0.1) is 0 Å². The third-order valence-electron chi connectivity index (χ3n) is 3.29.